The molecule has 1 aromatic rings. The second kappa shape index (κ2) is 6.53. The van der Waals surface area contributed by atoms with Crippen LogP contribution in [0.2, 0.25) is 0 Å². The van der Waals surface area contributed by atoms with Crippen molar-refractivity contribution in [2.75, 3.05) is 20.2 Å². The van der Waals surface area contributed by atoms with Crippen molar-refractivity contribution in [3.8, 4) is 6.07 Å². The van der Waals surface area contributed by atoms with Crippen LogP contribution in [0, 0.1) is 23.2 Å². The molecule has 0 spiro atoms. The molecule has 1 aromatic carbocycles. The first kappa shape index (κ1) is 14.5. The van der Waals surface area contributed by atoms with Crippen LogP contribution in [0.4, 0.5) is 0 Å². The maximum absolute atomic E-state index is 11.8. The number of hydrogen-bond acceptors (Lipinski definition) is 4. The Morgan fingerprint density at radius 1 is 1.45 bits per heavy atom. The molecule has 20 heavy (non-hydrogen) atoms. The minimum Gasteiger partial charge on any atom is -0.469 e. The van der Waals surface area contributed by atoms with Crippen molar-refractivity contribution in [3.63, 3.8) is 0 Å². The average molecular weight is 272 g/mol. The summed E-state index contributed by atoms with van der Waals surface area (Å²) in [5, 5.41) is 9.08. The lowest BCUT2D eigenvalue weighted by atomic mass is 9.99. The van der Waals surface area contributed by atoms with Gasteiger partial charge in [-0.05, 0) is 11.5 Å². The summed E-state index contributed by atoms with van der Waals surface area (Å²) >= 11 is 0. The molecule has 1 heterocycles. The molecular weight excluding hydrogens is 252 g/mol. The molecule has 1 aliphatic rings. The van der Waals surface area contributed by atoms with Gasteiger partial charge in [0.05, 0.1) is 25.5 Å². The monoisotopic (exact) mass is 272 g/mol. The van der Waals surface area contributed by atoms with Gasteiger partial charge < -0.3 is 4.74 Å². The molecule has 1 saturated heterocycles. The van der Waals surface area contributed by atoms with E-state index in [0.717, 1.165) is 12.1 Å². The first-order valence-electron chi connectivity index (χ1n) is 6.91. The predicted molar refractivity (Wildman–Crippen MR) is 75.7 cm³/mol. The molecule has 3 unspecified atom stereocenters. The third-order valence-electron chi connectivity index (χ3n) is 4.05. The van der Waals surface area contributed by atoms with Crippen LogP contribution in [0.15, 0.2) is 30.3 Å². The summed E-state index contributed by atoms with van der Waals surface area (Å²) in [6, 6.07) is 12.3. The molecule has 1 aliphatic heterocycles. The van der Waals surface area contributed by atoms with E-state index in [1.807, 2.05) is 30.3 Å². The smallest absolute Gasteiger partial charge is 0.310 e. The fourth-order valence-electron chi connectivity index (χ4n) is 2.94. The number of carbonyl (C=O) groups is 1. The first-order valence-corrected chi connectivity index (χ1v) is 6.91. The molecule has 0 saturated carbocycles. The molecule has 0 aromatic heterocycles. The maximum atomic E-state index is 11.8. The van der Waals surface area contributed by atoms with E-state index in [1.165, 1.54) is 7.11 Å². The second-order valence-corrected chi connectivity index (χ2v) is 5.35. The highest BCUT2D eigenvalue weighted by molar-refractivity contribution is 5.73. The Morgan fingerprint density at radius 2 is 2.15 bits per heavy atom. The Hall–Kier alpha value is -1.86. The van der Waals surface area contributed by atoms with Crippen molar-refractivity contribution >= 4 is 5.97 Å². The fourth-order valence-corrected chi connectivity index (χ4v) is 2.94. The number of ether oxygens (including phenoxy) is 1. The maximum Gasteiger partial charge on any atom is 0.310 e. The summed E-state index contributed by atoms with van der Waals surface area (Å²) in [4.78, 5) is 14.0. The van der Waals surface area contributed by atoms with E-state index in [4.69, 9.17) is 10.00 Å². The Morgan fingerprint density at radius 3 is 2.75 bits per heavy atom. The summed E-state index contributed by atoms with van der Waals surface area (Å²) < 4.78 is 4.87. The molecule has 0 amide bonds. The van der Waals surface area contributed by atoms with Gasteiger partial charge in [-0.2, -0.15) is 5.26 Å². The number of likely N-dealkylation sites (tertiary alicyclic amines) is 1. The minimum atomic E-state index is -0.149. The summed E-state index contributed by atoms with van der Waals surface area (Å²) in [5.41, 5.74) is 1.13. The molecular formula is C16H20N2O2. The normalized spacial score (nSPS) is 24.1. The van der Waals surface area contributed by atoms with Crippen molar-refractivity contribution in [3.05, 3.63) is 35.9 Å². The van der Waals surface area contributed by atoms with E-state index in [0.29, 0.717) is 13.0 Å². The number of benzene rings is 1. The third-order valence-corrected chi connectivity index (χ3v) is 4.05. The van der Waals surface area contributed by atoms with Crippen molar-refractivity contribution < 1.29 is 9.53 Å². The van der Waals surface area contributed by atoms with Crippen LogP contribution in [0.5, 0.6) is 0 Å². The summed E-state index contributed by atoms with van der Waals surface area (Å²) in [7, 11) is 1.43. The zero-order valence-electron chi connectivity index (χ0n) is 12.0. The van der Waals surface area contributed by atoms with E-state index in [9.17, 15) is 4.79 Å². The number of methoxy groups -OCH3 is 1. The number of carbonyl (C=O) groups excluding carboxylic acids is 1. The van der Waals surface area contributed by atoms with Gasteiger partial charge in [-0.15, -0.1) is 0 Å². The number of hydrogen-bond donors (Lipinski definition) is 0. The lowest BCUT2D eigenvalue weighted by Gasteiger charge is -2.26. The van der Waals surface area contributed by atoms with Crippen LogP contribution in [-0.4, -0.2) is 31.1 Å². The zero-order valence-corrected chi connectivity index (χ0v) is 12.0. The topological polar surface area (TPSA) is 53.3 Å². The number of esters is 1. The Labute approximate surface area is 120 Å². The van der Waals surface area contributed by atoms with Gasteiger partial charge in [0.1, 0.15) is 0 Å². The highest BCUT2D eigenvalue weighted by atomic mass is 16.5. The van der Waals surface area contributed by atoms with Gasteiger partial charge in [0.2, 0.25) is 0 Å². The van der Waals surface area contributed by atoms with Crippen LogP contribution in [0.1, 0.15) is 24.9 Å². The van der Waals surface area contributed by atoms with Crippen LogP contribution < -0.4 is 0 Å². The fraction of sp³-hybridized carbons (Fsp3) is 0.500. The Bertz CT molecular complexity index is 495. The number of nitriles is 1. The highest BCUT2D eigenvalue weighted by Crippen LogP contribution is 2.33. The predicted octanol–water partition coefficient (Wildman–Crippen LogP) is 2.38. The summed E-state index contributed by atoms with van der Waals surface area (Å²) in [6.07, 6.45) is 0.435. The van der Waals surface area contributed by atoms with Crippen LogP contribution in [0.3, 0.4) is 0 Å². The first-order chi connectivity index (χ1) is 9.67. The molecule has 0 aliphatic carbocycles. The van der Waals surface area contributed by atoms with Crippen molar-refractivity contribution in [1.29, 1.82) is 5.26 Å². The Kier molecular flexibility index (Phi) is 4.75. The van der Waals surface area contributed by atoms with Crippen molar-refractivity contribution in [2.24, 2.45) is 11.8 Å². The van der Waals surface area contributed by atoms with Gasteiger partial charge in [0, 0.05) is 19.1 Å². The van der Waals surface area contributed by atoms with Gasteiger partial charge in [0.15, 0.2) is 0 Å². The average Bonchev–Trinajstić information content (AvgIpc) is 2.86. The van der Waals surface area contributed by atoms with Crippen LogP contribution in [0.25, 0.3) is 0 Å². The van der Waals surface area contributed by atoms with E-state index in [2.05, 4.69) is 17.9 Å². The molecule has 3 atom stereocenters. The number of rotatable bonds is 4. The molecule has 0 N–H and O–H groups in total. The molecule has 1 fully saturated rings. The third kappa shape index (κ3) is 3.00. The lowest BCUT2D eigenvalue weighted by molar-refractivity contribution is -0.146. The highest BCUT2D eigenvalue weighted by Gasteiger charge is 2.38. The minimum absolute atomic E-state index is 0.0540. The zero-order chi connectivity index (χ0) is 14.5. The van der Waals surface area contributed by atoms with Crippen LogP contribution in [-0.2, 0) is 9.53 Å². The van der Waals surface area contributed by atoms with Gasteiger partial charge in [-0.25, -0.2) is 0 Å². The van der Waals surface area contributed by atoms with Gasteiger partial charge >= 0.3 is 5.97 Å². The van der Waals surface area contributed by atoms with E-state index < -0.39 is 0 Å². The molecule has 106 valence electrons. The Balaban J connectivity index is 2.16. The SMILES string of the molecule is COC(=O)C1CN(C(CC#N)c2ccccc2)CC1C. The summed E-state index contributed by atoms with van der Waals surface area (Å²) in [6.45, 7) is 3.55. The van der Waals surface area contributed by atoms with E-state index in [-0.39, 0.29) is 23.8 Å². The van der Waals surface area contributed by atoms with E-state index >= 15 is 0 Å². The quantitative estimate of drug-likeness (QED) is 0.790. The van der Waals surface area contributed by atoms with Gasteiger partial charge in [-0.1, -0.05) is 37.3 Å². The number of nitrogens with zero attached hydrogens (tertiary/aromatic N) is 2. The molecule has 4 heteroatoms. The molecule has 0 radical (unpaired) electrons. The molecule has 0 bridgehead atoms. The van der Waals surface area contributed by atoms with E-state index in [1.54, 1.807) is 0 Å². The largest absolute Gasteiger partial charge is 0.469 e. The van der Waals surface area contributed by atoms with Gasteiger partial charge in [-0.3, -0.25) is 9.69 Å². The second-order valence-electron chi connectivity index (χ2n) is 5.35. The lowest BCUT2D eigenvalue weighted by Crippen LogP contribution is -2.28. The molecule has 2 rings (SSSR count). The molecule has 4 nitrogen and oxygen atoms in total. The van der Waals surface area contributed by atoms with Crippen molar-refractivity contribution in [2.45, 2.75) is 19.4 Å². The van der Waals surface area contributed by atoms with Crippen LogP contribution >= 0.6 is 0 Å². The standard InChI is InChI=1S/C16H20N2O2/c1-12-10-18(11-14(12)16(19)20-2)15(8-9-17)13-6-4-3-5-7-13/h3-7,12,14-15H,8,10-11H2,1-2H3. The van der Waals surface area contributed by atoms with Gasteiger partial charge in [0.25, 0.3) is 0 Å². The van der Waals surface area contributed by atoms with Crippen molar-refractivity contribution in [1.82, 2.24) is 4.90 Å². The summed E-state index contributed by atoms with van der Waals surface area (Å²) in [5.74, 6) is 0.0148.